The fourth-order valence-electron chi connectivity index (χ4n) is 6.58. The summed E-state index contributed by atoms with van der Waals surface area (Å²) in [6.07, 6.45) is 4.86. The number of ether oxygens (including phenoxy) is 2. The predicted octanol–water partition coefficient (Wildman–Crippen LogP) is 2.37. The first-order valence-electron chi connectivity index (χ1n) is 18.7. The van der Waals surface area contributed by atoms with Gasteiger partial charge in [0.05, 0.1) is 48.5 Å². The number of anilines is 3. The van der Waals surface area contributed by atoms with Gasteiger partial charge < -0.3 is 36.0 Å². The van der Waals surface area contributed by atoms with Crippen molar-refractivity contribution in [2.75, 3.05) is 49.3 Å². The van der Waals surface area contributed by atoms with Crippen LogP contribution in [0, 0.1) is 0 Å². The molecule has 2 aliphatic heterocycles. The number of Topliss-reactive ketones (excluding diaryl/α,β-unsaturated/α-hetero) is 1. The molecule has 0 bridgehead atoms. The van der Waals surface area contributed by atoms with Crippen molar-refractivity contribution in [1.82, 2.24) is 30.0 Å². The monoisotopic (exact) mass is 818 g/mol. The van der Waals surface area contributed by atoms with Crippen molar-refractivity contribution in [2.45, 2.75) is 31.7 Å². The number of nitrogens with two attached hydrogens (primary N) is 2. The number of ketones is 1. The molecule has 20 nitrogen and oxygen atoms in total. The molecule has 2 aliphatic rings. The molecule has 7 rings (SSSR count). The molecule has 7 N–H and O–H groups in total. The van der Waals surface area contributed by atoms with Gasteiger partial charge in [0.2, 0.25) is 17.7 Å². The average molecular weight is 819 g/mol. The van der Waals surface area contributed by atoms with Crippen molar-refractivity contribution in [1.29, 1.82) is 0 Å². The van der Waals surface area contributed by atoms with E-state index in [0.717, 1.165) is 11.2 Å². The number of pyridine rings is 1. The first-order valence-corrected chi connectivity index (χ1v) is 18.7. The van der Waals surface area contributed by atoms with Gasteiger partial charge >= 0.3 is 0 Å². The molecule has 3 aromatic heterocycles. The lowest BCUT2D eigenvalue weighted by molar-refractivity contribution is -0.136. The van der Waals surface area contributed by atoms with Gasteiger partial charge in [-0.2, -0.15) is 5.10 Å². The molecule has 1 fully saturated rings. The van der Waals surface area contributed by atoms with Gasteiger partial charge in [-0.1, -0.05) is 6.07 Å². The maximum atomic E-state index is 13.2. The Kier molecular flexibility index (Phi) is 12.1. The number of nitrogens with one attached hydrogen (secondary N) is 3. The normalized spacial score (nSPS) is 14.9. The molecule has 5 heterocycles. The second-order valence-electron chi connectivity index (χ2n) is 13.6. The van der Waals surface area contributed by atoms with Crippen LogP contribution in [0.5, 0.6) is 0 Å². The lowest BCUT2D eigenvalue weighted by Crippen LogP contribution is -2.54. The molecule has 2 aromatic carbocycles. The maximum absolute atomic E-state index is 13.2. The highest BCUT2D eigenvalue weighted by atomic mass is 16.5. The fourth-order valence-corrected chi connectivity index (χ4v) is 6.58. The van der Waals surface area contributed by atoms with Crippen LogP contribution in [-0.2, 0) is 19.1 Å². The minimum absolute atomic E-state index is 0.0368. The number of benzene rings is 2. The Bertz CT molecular complexity index is 2500. The average Bonchev–Trinajstić information content (AvgIpc) is 3.96. The molecular formula is C40H38N10O10. The molecule has 1 saturated heterocycles. The summed E-state index contributed by atoms with van der Waals surface area (Å²) in [6, 6.07) is 13.5. The first kappa shape index (κ1) is 40.6. The molecule has 1 unspecified atom stereocenters. The highest BCUT2D eigenvalue weighted by Gasteiger charge is 2.45. The van der Waals surface area contributed by atoms with Gasteiger partial charge in [-0.15, -0.1) is 0 Å². The van der Waals surface area contributed by atoms with E-state index in [1.54, 1.807) is 48.5 Å². The first-order chi connectivity index (χ1) is 29.0. The van der Waals surface area contributed by atoms with Crippen molar-refractivity contribution in [2.24, 2.45) is 5.73 Å². The minimum atomic E-state index is -1.05. The van der Waals surface area contributed by atoms with E-state index in [2.05, 4.69) is 31.0 Å². The van der Waals surface area contributed by atoms with Crippen LogP contribution in [0.2, 0.25) is 0 Å². The maximum Gasteiger partial charge on any atom is 0.277 e. The smallest absolute Gasteiger partial charge is 0.277 e. The summed E-state index contributed by atoms with van der Waals surface area (Å²) in [6.45, 7) is 1.49. The zero-order valence-corrected chi connectivity index (χ0v) is 31.8. The number of nitrogens with zero attached hydrogens (tertiary/aromatic N) is 5. The Morgan fingerprint density at radius 3 is 2.48 bits per heavy atom. The van der Waals surface area contributed by atoms with E-state index in [-0.39, 0.29) is 84.8 Å². The summed E-state index contributed by atoms with van der Waals surface area (Å²) in [4.78, 5) is 97.2. The number of aromatic nitrogens is 4. The van der Waals surface area contributed by atoms with E-state index in [0.29, 0.717) is 42.1 Å². The van der Waals surface area contributed by atoms with Gasteiger partial charge in [0.25, 0.3) is 23.6 Å². The number of oxazole rings is 1. The molecular weight excluding hydrogens is 780 g/mol. The van der Waals surface area contributed by atoms with E-state index in [1.807, 2.05) is 0 Å². The number of primary amides is 1. The van der Waals surface area contributed by atoms with Crippen LogP contribution in [0.4, 0.5) is 17.2 Å². The lowest BCUT2D eigenvalue weighted by Gasteiger charge is -2.27. The van der Waals surface area contributed by atoms with Gasteiger partial charge in [0.15, 0.2) is 17.2 Å². The van der Waals surface area contributed by atoms with Crippen LogP contribution in [0.1, 0.15) is 77.7 Å². The van der Waals surface area contributed by atoms with Crippen LogP contribution in [0.15, 0.2) is 77.7 Å². The van der Waals surface area contributed by atoms with Gasteiger partial charge in [-0.3, -0.25) is 43.8 Å². The van der Waals surface area contributed by atoms with Crippen LogP contribution >= 0.6 is 0 Å². The van der Waals surface area contributed by atoms with Crippen molar-refractivity contribution in [3.05, 3.63) is 101 Å². The van der Waals surface area contributed by atoms with Crippen molar-refractivity contribution in [3.63, 3.8) is 0 Å². The number of rotatable bonds is 18. The minimum Gasteiger partial charge on any atom is -0.444 e. The van der Waals surface area contributed by atoms with E-state index in [4.69, 9.17) is 25.4 Å². The lowest BCUT2D eigenvalue weighted by atomic mass is 10.0. The summed E-state index contributed by atoms with van der Waals surface area (Å²) in [7, 11) is 0. The summed E-state index contributed by atoms with van der Waals surface area (Å²) >= 11 is 0. The van der Waals surface area contributed by atoms with Gasteiger partial charge in [-0.05, 0) is 61.4 Å². The molecule has 308 valence electrons. The Morgan fingerprint density at radius 1 is 0.950 bits per heavy atom. The molecule has 6 amide bonds. The highest BCUT2D eigenvalue weighted by Crippen LogP contribution is 2.32. The number of carbonyl (C=O) groups is 7. The van der Waals surface area contributed by atoms with E-state index in [1.165, 1.54) is 23.1 Å². The highest BCUT2D eigenvalue weighted by molar-refractivity contribution is 6.25. The van der Waals surface area contributed by atoms with E-state index >= 15 is 0 Å². The number of piperidine rings is 1. The fraction of sp³-hybridized carbons (Fsp3) is 0.250. The zero-order chi connectivity index (χ0) is 42.3. The number of amides is 6. The molecule has 20 heteroatoms. The number of imide groups is 2. The van der Waals surface area contributed by atoms with Crippen LogP contribution in [-0.4, -0.2) is 105 Å². The van der Waals surface area contributed by atoms with E-state index < -0.39 is 41.5 Å². The molecule has 1 atom stereocenters. The van der Waals surface area contributed by atoms with Gasteiger partial charge in [0.1, 0.15) is 18.1 Å². The summed E-state index contributed by atoms with van der Waals surface area (Å²) in [5.41, 5.74) is 13.3. The van der Waals surface area contributed by atoms with Crippen LogP contribution in [0.25, 0.3) is 17.1 Å². The Labute approximate surface area is 340 Å². The number of fused-ring (bicyclic) bond motifs is 1. The summed E-state index contributed by atoms with van der Waals surface area (Å²) < 4.78 is 18.0. The standard InChI is InChI=1S/C40H38N10O10/c41-31-19-23(12-13-44-31)38-46-28(21-60-38)36(54)45-27-20-49(48-34(27)35(42)53)24-8-6-22(7-9-24)30(51)5-2-15-58-17-18-59-16-14-43-26-4-1-3-25-33(26)40(57)50(39(25)56)29-10-11-32(52)47-37(29)55/h1,3-4,6-9,12-13,19-21,29,43H,2,5,10-11,14-18H2,(H2,41,44)(H2,42,53)(H,45,54)(H,47,52,55). The molecule has 60 heavy (non-hydrogen) atoms. The third kappa shape index (κ3) is 8.93. The Morgan fingerprint density at radius 2 is 1.73 bits per heavy atom. The topological polar surface area (TPSA) is 286 Å². The number of hydrogen-bond donors (Lipinski definition) is 5. The zero-order valence-electron chi connectivity index (χ0n) is 31.8. The molecule has 0 radical (unpaired) electrons. The number of hydrogen-bond acceptors (Lipinski definition) is 15. The quantitative estimate of drug-likeness (QED) is 0.0482. The third-order valence-corrected chi connectivity index (χ3v) is 9.51. The second-order valence-corrected chi connectivity index (χ2v) is 13.6. The summed E-state index contributed by atoms with van der Waals surface area (Å²) in [5.74, 6) is -3.54. The number of nitrogen functional groups attached to an aromatic ring is 1. The van der Waals surface area contributed by atoms with Crippen LogP contribution < -0.4 is 27.4 Å². The number of carbonyl (C=O) groups excluding carboxylic acids is 7. The SMILES string of the molecule is NC(=O)c1nn(-c2ccc(C(=O)CCCOCCOCCNc3cccc4c3C(=O)N(C3CCC(=O)NC3=O)C4=O)cc2)cc1NC(=O)c1coc(-c2ccnc(N)c2)n1. The van der Waals surface area contributed by atoms with Gasteiger partial charge in [0, 0.05) is 49.0 Å². The van der Waals surface area contributed by atoms with Crippen molar-refractivity contribution in [3.8, 4) is 17.1 Å². The Balaban J connectivity index is 0.813. The van der Waals surface area contributed by atoms with Gasteiger partial charge in [-0.25, -0.2) is 14.6 Å². The van der Waals surface area contributed by atoms with Crippen LogP contribution in [0.3, 0.4) is 0 Å². The molecule has 5 aromatic rings. The largest absolute Gasteiger partial charge is 0.444 e. The van der Waals surface area contributed by atoms with E-state index in [9.17, 15) is 33.6 Å². The predicted molar refractivity (Wildman–Crippen MR) is 211 cm³/mol. The molecule has 0 spiro atoms. The second kappa shape index (κ2) is 17.9. The third-order valence-electron chi connectivity index (χ3n) is 9.51. The van der Waals surface area contributed by atoms with Crippen molar-refractivity contribution >= 4 is 58.4 Å². The van der Waals surface area contributed by atoms with Crippen molar-refractivity contribution < 1.29 is 47.5 Å². The molecule has 0 saturated carbocycles. The molecule has 0 aliphatic carbocycles. The summed E-state index contributed by atoms with van der Waals surface area (Å²) in [5, 5.41) is 12.1. The Hall–Kier alpha value is -7.58.